The maximum Gasteiger partial charge on any atom is 0.125 e. The Morgan fingerprint density at radius 2 is 2.31 bits per heavy atom. The lowest BCUT2D eigenvalue weighted by Gasteiger charge is -2.06. The molecule has 0 atom stereocenters. The van der Waals surface area contributed by atoms with Gasteiger partial charge in [-0.25, -0.2) is 0 Å². The summed E-state index contributed by atoms with van der Waals surface area (Å²) < 4.78 is 0. The summed E-state index contributed by atoms with van der Waals surface area (Å²) in [6.45, 7) is 2.94. The number of hydrogen-bond donors (Lipinski definition) is 2. The van der Waals surface area contributed by atoms with Gasteiger partial charge < -0.3 is 10.4 Å². The zero-order valence-corrected chi connectivity index (χ0v) is 7.67. The summed E-state index contributed by atoms with van der Waals surface area (Å²) in [6.07, 6.45) is 4.92. The predicted molar refractivity (Wildman–Crippen MR) is 53.7 cm³/mol. The molecule has 0 fully saturated rings. The van der Waals surface area contributed by atoms with Crippen molar-refractivity contribution in [3.05, 3.63) is 28.1 Å². The Kier molecular flexibility index (Phi) is 1.97. The van der Waals surface area contributed by atoms with Gasteiger partial charge in [-0.2, -0.15) is 0 Å². The molecule has 13 heavy (non-hydrogen) atoms. The molecule has 1 aromatic rings. The van der Waals surface area contributed by atoms with E-state index in [-0.39, 0.29) is 0 Å². The van der Waals surface area contributed by atoms with Gasteiger partial charge in [0.15, 0.2) is 0 Å². The lowest BCUT2D eigenvalue weighted by molar-refractivity contribution is 0.469. The van der Waals surface area contributed by atoms with E-state index in [0.717, 1.165) is 23.4 Å². The lowest BCUT2D eigenvalue weighted by atomic mass is 10.1. The second-order valence-corrected chi connectivity index (χ2v) is 3.23. The van der Waals surface area contributed by atoms with Crippen LogP contribution in [0.1, 0.15) is 12.5 Å². The molecule has 0 saturated heterocycles. The third-order valence-corrected chi connectivity index (χ3v) is 2.34. The highest BCUT2D eigenvalue weighted by atomic mass is 16.3. The SMILES string of the molecule is CCc1cc(O)c2c(c1)=CCNC=2. The van der Waals surface area contributed by atoms with Crippen molar-refractivity contribution >= 4 is 12.3 Å². The molecule has 0 amide bonds. The zero-order chi connectivity index (χ0) is 9.26. The molecule has 2 heteroatoms. The molecule has 1 aromatic carbocycles. The van der Waals surface area contributed by atoms with Gasteiger partial charge in [-0.15, -0.1) is 0 Å². The van der Waals surface area contributed by atoms with E-state index in [1.807, 2.05) is 12.3 Å². The quantitative estimate of drug-likeness (QED) is 0.633. The fourth-order valence-electron chi connectivity index (χ4n) is 1.58. The Bertz CT molecular complexity index is 434. The lowest BCUT2D eigenvalue weighted by Crippen LogP contribution is -2.33. The summed E-state index contributed by atoms with van der Waals surface area (Å²) in [4.78, 5) is 0. The van der Waals surface area contributed by atoms with Gasteiger partial charge in [0.2, 0.25) is 0 Å². The molecule has 1 heterocycles. The van der Waals surface area contributed by atoms with Crippen LogP contribution in [0.4, 0.5) is 0 Å². The summed E-state index contributed by atoms with van der Waals surface area (Å²) >= 11 is 0. The van der Waals surface area contributed by atoms with Crippen molar-refractivity contribution in [2.75, 3.05) is 6.54 Å². The molecule has 0 spiro atoms. The summed E-state index contributed by atoms with van der Waals surface area (Å²) in [5.41, 5.74) is 1.18. The van der Waals surface area contributed by atoms with E-state index >= 15 is 0 Å². The number of benzene rings is 1. The van der Waals surface area contributed by atoms with Crippen LogP contribution in [0, 0.1) is 0 Å². The van der Waals surface area contributed by atoms with Crippen LogP contribution in [-0.2, 0) is 6.42 Å². The van der Waals surface area contributed by atoms with Crippen molar-refractivity contribution in [2.24, 2.45) is 0 Å². The van der Waals surface area contributed by atoms with Crippen LogP contribution >= 0.6 is 0 Å². The number of phenols is 1. The normalized spacial score (nSPS) is 13.6. The summed E-state index contributed by atoms with van der Waals surface area (Å²) in [7, 11) is 0. The predicted octanol–water partition coefficient (Wildman–Crippen LogP) is 0.0763. The Morgan fingerprint density at radius 1 is 1.46 bits per heavy atom. The number of hydrogen-bond acceptors (Lipinski definition) is 2. The molecule has 2 nitrogen and oxygen atoms in total. The minimum absolute atomic E-state index is 0.373. The van der Waals surface area contributed by atoms with Crippen LogP contribution in [0.3, 0.4) is 0 Å². The highest BCUT2D eigenvalue weighted by molar-refractivity contribution is 5.45. The minimum Gasteiger partial charge on any atom is -0.507 e. The second-order valence-electron chi connectivity index (χ2n) is 3.23. The second kappa shape index (κ2) is 3.13. The molecule has 2 N–H and O–H groups in total. The smallest absolute Gasteiger partial charge is 0.125 e. The van der Waals surface area contributed by atoms with Crippen LogP contribution in [0.5, 0.6) is 5.75 Å². The number of rotatable bonds is 1. The molecule has 2 rings (SSSR count). The molecule has 0 aliphatic carbocycles. The zero-order valence-electron chi connectivity index (χ0n) is 7.67. The van der Waals surface area contributed by atoms with Gasteiger partial charge in [-0.05, 0) is 23.3 Å². The van der Waals surface area contributed by atoms with Crippen molar-refractivity contribution in [3.63, 3.8) is 0 Å². The van der Waals surface area contributed by atoms with Crippen molar-refractivity contribution in [1.29, 1.82) is 0 Å². The first-order chi connectivity index (χ1) is 6.31. The van der Waals surface area contributed by atoms with Crippen LogP contribution in [0.25, 0.3) is 12.3 Å². The largest absolute Gasteiger partial charge is 0.507 e. The Balaban J connectivity index is 2.75. The number of nitrogens with one attached hydrogen (secondary N) is 1. The molecule has 1 aliphatic rings. The number of aromatic hydroxyl groups is 1. The highest BCUT2D eigenvalue weighted by Gasteiger charge is 2.00. The average molecular weight is 175 g/mol. The topological polar surface area (TPSA) is 32.3 Å². The Labute approximate surface area is 77.2 Å². The number of fused-ring (bicyclic) bond motifs is 1. The van der Waals surface area contributed by atoms with Crippen molar-refractivity contribution in [1.82, 2.24) is 5.32 Å². The Hall–Kier alpha value is -1.44. The van der Waals surface area contributed by atoms with E-state index in [9.17, 15) is 5.11 Å². The van der Waals surface area contributed by atoms with Gasteiger partial charge in [-0.3, -0.25) is 0 Å². The molecule has 0 radical (unpaired) electrons. The van der Waals surface area contributed by atoms with Gasteiger partial charge in [-0.1, -0.05) is 19.1 Å². The summed E-state index contributed by atoms with van der Waals surface area (Å²) in [5.74, 6) is 0.373. The Morgan fingerprint density at radius 3 is 3.08 bits per heavy atom. The van der Waals surface area contributed by atoms with E-state index < -0.39 is 0 Å². The van der Waals surface area contributed by atoms with Crippen molar-refractivity contribution in [2.45, 2.75) is 13.3 Å². The number of phenolic OH excluding ortho intramolecular Hbond substituents is 1. The van der Waals surface area contributed by atoms with Gasteiger partial charge in [0.1, 0.15) is 5.75 Å². The van der Waals surface area contributed by atoms with E-state index in [1.54, 1.807) is 0 Å². The molecular weight excluding hydrogens is 162 g/mol. The minimum atomic E-state index is 0.373. The van der Waals surface area contributed by atoms with Gasteiger partial charge in [0.05, 0.1) is 0 Å². The maximum absolute atomic E-state index is 9.68. The van der Waals surface area contributed by atoms with Crippen molar-refractivity contribution < 1.29 is 5.11 Å². The molecule has 1 aliphatic heterocycles. The third-order valence-electron chi connectivity index (χ3n) is 2.34. The first kappa shape index (κ1) is 8.17. The van der Waals surface area contributed by atoms with Crippen LogP contribution < -0.4 is 15.8 Å². The van der Waals surface area contributed by atoms with E-state index in [0.29, 0.717) is 5.75 Å². The number of aryl methyl sites for hydroxylation is 1. The standard InChI is InChI=1S/C11H13NO/c1-2-8-5-9-3-4-12-7-10(9)11(13)6-8/h3,5-7,12-13H,2,4H2,1H3. The van der Waals surface area contributed by atoms with Crippen LogP contribution in [0.2, 0.25) is 0 Å². The molecule has 0 bridgehead atoms. The fraction of sp³-hybridized carbons (Fsp3) is 0.273. The van der Waals surface area contributed by atoms with E-state index in [1.165, 1.54) is 5.56 Å². The summed E-state index contributed by atoms with van der Waals surface area (Å²) in [5, 5.41) is 14.8. The van der Waals surface area contributed by atoms with Crippen LogP contribution in [0.15, 0.2) is 12.1 Å². The van der Waals surface area contributed by atoms with Gasteiger partial charge in [0, 0.05) is 18.0 Å². The van der Waals surface area contributed by atoms with Crippen LogP contribution in [-0.4, -0.2) is 11.7 Å². The molecule has 0 saturated carbocycles. The first-order valence-corrected chi connectivity index (χ1v) is 4.57. The van der Waals surface area contributed by atoms with Crippen molar-refractivity contribution in [3.8, 4) is 5.75 Å². The third kappa shape index (κ3) is 1.39. The van der Waals surface area contributed by atoms with E-state index in [4.69, 9.17) is 0 Å². The summed E-state index contributed by atoms with van der Waals surface area (Å²) in [6, 6.07) is 3.96. The van der Waals surface area contributed by atoms with Gasteiger partial charge >= 0.3 is 0 Å². The highest BCUT2D eigenvalue weighted by Crippen LogP contribution is 2.03. The average Bonchev–Trinajstić information content (AvgIpc) is 2.18. The fourth-order valence-corrected chi connectivity index (χ4v) is 1.58. The molecular formula is C11H13NO. The maximum atomic E-state index is 9.68. The van der Waals surface area contributed by atoms with E-state index in [2.05, 4.69) is 24.4 Å². The molecule has 0 aromatic heterocycles. The van der Waals surface area contributed by atoms with Gasteiger partial charge in [0.25, 0.3) is 0 Å². The molecule has 0 unspecified atom stereocenters. The first-order valence-electron chi connectivity index (χ1n) is 4.57. The monoisotopic (exact) mass is 175 g/mol. The molecule has 68 valence electrons.